The summed E-state index contributed by atoms with van der Waals surface area (Å²) in [7, 11) is 0. The lowest BCUT2D eigenvalue weighted by Crippen LogP contribution is -2.09. The molecule has 130 valence electrons. The summed E-state index contributed by atoms with van der Waals surface area (Å²) in [5.74, 6) is 0.841. The van der Waals surface area contributed by atoms with E-state index in [1.807, 2.05) is 6.08 Å². The van der Waals surface area contributed by atoms with Gasteiger partial charge < -0.3 is 14.6 Å². The Balaban J connectivity index is 1.82. The highest BCUT2D eigenvalue weighted by Gasteiger charge is 2.40. The zero-order valence-corrected chi connectivity index (χ0v) is 13.2. The summed E-state index contributed by atoms with van der Waals surface area (Å²) in [5, 5.41) is 8.74. The van der Waals surface area contributed by atoms with Crippen molar-refractivity contribution in [2.75, 3.05) is 13.4 Å². The monoisotopic (exact) mass is 340 g/mol. The van der Waals surface area contributed by atoms with Crippen molar-refractivity contribution in [2.45, 2.75) is 38.3 Å². The number of hydrogen-bond donors (Lipinski definition) is 1. The number of aliphatic hydroxyl groups is 1. The first-order valence-corrected chi connectivity index (χ1v) is 8.05. The molecule has 1 aliphatic heterocycles. The maximum Gasteiger partial charge on any atom is 0.417 e. The molecule has 0 fully saturated rings. The minimum atomic E-state index is -4.40. The lowest BCUT2D eigenvalue weighted by atomic mass is 10.0. The van der Waals surface area contributed by atoms with Crippen LogP contribution in [0.15, 0.2) is 24.3 Å². The van der Waals surface area contributed by atoms with Crippen LogP contribution in [0.5, 0.6) is 11.5 Å². The van der Waals surface area contributed by atoms with E-state index in [0.29, 0.717) is 29.1 Å². The number of aliphatic hydroxyl groups excluding tert-OH is 1. The number of ether oxygens (including phenoxy) is 2. The molecule has 0 spiro atoms. The molecule has 2 aliphatic rings. The van der Waals surface area contributed by atoms with E-state index in [4.69, 9.17) is 14.6 Å². The van der Waals surface area contributed by atoms with Crippen LogP contribution in [0.1, 0.15) is 43.2 Å². The molecule has 0 aromatic heterocycles. The van der Waals surface area contributed by atoms with Gasteiger partial charge in [0.2, 0.25) is 6.79 Å². The number of alkyl halides is 3. The van der Waals surface area contributed by atoms with Crippen LogP contribution in [0.3, 0.4) is 0 Å². The average molecular weight is 340 g/mol. The molecule has 1 aromatic rings. The van der Waals surface area contributed by atoms with Crippen molar-refractivity contribution in [3.63, 3.8) is 0 Å². The molecule has 0 atom stereocenters. The number of fused-ring (bicyclic) bond motifs is 2. The molecule has 0 amide bonds. The summed E-state index contributed by atoms with van der Waals surface area (Å²) >= 11 is 0. The van der Waals surface area contributed by atoms with E-state index in [0.717, 1.165) is 25.7 Å². The Morgan fingerprint density at radius 1 is 1.00 bits per heavy atom. The van der Waals surface area contributed by atoms with Gasteiger partial charge in [-0.05, 0) is 54.2 Å². The van der Waals surface area contributed by atoms with E-state index in [9.17, 15) is 13.2 Å². The van der Waals surface area contributed by atoms with E-state index in [2.05, 4.69) is 0 Å². The molecule has 0 bridgehead atoms. The van der Waals surface area contributed by atoms with Gasteiger partial charge in [-0.3, -0.25) is 0 Å². The van der Waals surface area contributed by atoms with Crippen LogP contribution in [-0.2, 0) is 0 Å². The number of allylic oxidation sites excluding steroid dienone is 4. The Morgan fingerprint density at radius 2 is 1.67 bits per heavy atom. The average Bonchev–Trinajstić information content (AvgIpc) is 3.12. The van der Waals surface area contributed by atoms with Gasteiger partial charge in [-0.15, -0.1) is 0 Å². The third kappa shape index (κ3) is 3.43. The SMILES string of the molecule is OCCCCCC/C=C1/C=C(C(F)(F)F)c2cc3c(cc21)OCO3. The molecule has 0 saturated carbocycles. The van der Waals surface area contributed by atoms with E-state index in [-0.39, 0.29) is 19.0 Å². The summed E-state index contributed by atoms with van der Waals surface area (Å²) in [4.78, 5) is 0. The molecule has 1 aromatic carbocycles. The van der Waals surface area contributed by atoms with Crippen LogP contribution in [0.25, 0.3) is 11.1 Å². The minimum Gasteiger partial charge on any atom is -0.454 e. The molecule has 0 unspecified atom stereocenters. The fraction of sp³-hybridized carbons (Fsp3) is 0.444. The molecular weight excluding hydrogens is 321 g/mol. The Morgan fingerprint density at radius 3 is 2.33 bits per heavy atom. The smallest absolute Gasteiger partial charge is 0.417 e. The van der Waals surface area contributed by atoms with Crippen molar-refractivity contribution in [3.05, 3.63) is 35.4 Å². The van der Waals surface area contributed by atoms with Crippen LogP contribution >= 0.6 is 0 Å². The summed E-state index contributed by atoms with van der Waals surface area (Å²) in [6, 6.07) is 3.05. The molecule has 1 N–H and O–H groups in total. The zero-order valence-electron chi connectivity index (χ0n) is 13.2. The first-order valence-electron chi connectivity index (χ1n) is 8.05. The number of rotatable bonds is 6. The Kier molecular flexibility index (Phi) is 4.85. The minimum absolute atomic E-state index is 0.0349. The summed E-state index contributed by atoms with van der Waals surface area (Å²) in [6.07, 6.45) is 2.88. The lowest BCUT2D eigenvalue weighted by Gasteiger charge is -2.10. The third-order valence-corrected chi connectivity index (χ3v) is 4.20. The molecule has 3 nitrogen and oxygen atoms in total. The van der Waals surface area contributed by atoms with Crippen LogP contribution in [-0.4, -0.2) is 24.7 Å². The molecule has 6 heteroatoms. The molecule has 1 heterocycles. The second-order valence-electron chi connectivity index (χ2n) is 5.89. The standard InChI is InChI=1S/C18H19F3O3/c19-18(20,21)15-8-12(6-4-2-1-3-5-7-22)13-9-16-17(10-14(13)15)24-11-23-16/h6,8-10,22H,1-5,7,11H2/b12-6-. The summed E-state index contributed by atoms with van der Waals surface area (Å²) in [6.45, 7) is 0.215. The molecule has 0 saturated heterocycles. The van der Waals surface area contributed by atoms with Crippen molar-refractivity contribution in [1.29, 1.82) is 0 Å². The zero-order chi connectivity index (χ0) is 17.2. The van der Waals surface area contributed by atoms with Gasteiger partial charge in [0.05, 0.1) is 5.57 Å². The van der Waals surface area contributed by atoms with Gasteiger partial charge in [0, 0.05) is 6.61 Å². The maximum absolute atomic E-state index is 13.3. The highest BCUT2D eigenvalue weighted by atomic mass is 19.4. The highest BCUT2D eigenvalue weighted by molar-refractivity contribution is 5.98. The fourth-order valence-electron chi connectivity index (χ4n) is 2.99. The topological polar surface area (TPSA) is 38.7 Å². The van der Waals surface area contributed by atoms with Crippen molar-refractivity contribution in [2.24, 2.45) is 0 Å². The Bertz CT molecular complexity index is 675. The van der Waals surface area contributed by atoms with Crippen LogP contribution < -0.4 is 9.47 Å². The molecule has 1 aliphatic carbocycles. The first-order chi connectivity index (χ1) is 11.5. The second kappa shape index (κ2) is 6.89. The van der Waals surface area contributed by atoms with Gasteiger partial charge in [-0.25, -0.2) is 0 Å². The molecule has 24 heavy (non-hydrogen) atoms. The Labute approximate surface area is 138 Å². The third-order valence-electron chi connectivity index (χ3n) is 4.20. The Hall–Kier alpha value is -1.95. The van der Waals surface area contributed by atoms with Crippen LogP contribution in [0.2, 0.25) is 0 Å². The molecule has 3 rings (SSSR count). The molecular formula is C18H19F3O3. The number of unbranched alkanes of at least 4 members (excludes halogenated alkanes) is 4. The van der Waals surface area contributed by atoms with Gasteiger partial charge >= 0.3 is 6.18 Å². The quantitative estimate of drug-likeness (QED) is 0.763. The number of hydrogen-bond acceptors (Lipinski definition) is 3. The van der Waals surface area contributed by atoms with Crippen molar-refractivity contribution < 1.29 is 27.8 Å². The van der Waals surface area contributed by atoms with Gasteiger partial charge in [-0.1, -0.05) is 18.9 Å². The normalized spacial score (nSPS) is 17.3. The highest BCUT2D eigenvalue weighted by Crippen LogP contribution is 2.48. The van der Waals surface area contributed by atoms with Crippen LogP contribution in [0.4, 0.5) is 13.2 Å². The maximum atomic E-state index is 13.3. The predicted octanol–water partition coefficient (Wildman–Crippen LogP) is 4.70. The van der Waals surface area contributed by atoms with E-state index in [1.165, 1.54) is 12.1 Å². The second-order valence-corrected chi connectivity index (χ2v) is 5.89. The van der Waals surface area contributed by atoms with E-state index >= 15 is 0 Å². The summed E-state index contributed by atoms with van der Waals surface area (Å²) < 4.78 is 50.4. The van der Waals surface area contributed by atoms with E-state index < -0.39 is 11.7 Å². The van der Waals surface area contributed by atoms with Crippen molar-refractivity contribution in [1.82, 2.24) is 0 Å². The number of benzene rings is 1. The molecule has 0 radical (unpaired) electrons. The van der Waals surface area contributed by atoms with Gasteiger partial charge in [0.15, 0.2) is 11.5 Å². The fourth-order valence-corrected chi connectivity index (χ4v) is 2.99. The predicted molar refractivity (Wildman–Crippen MR) is 84.7 cm³/mol. The van der Waals surface area contributed by atoms with Crippen molar-refractivity contribution >= 4 is 11.1 Å². The summed E-state index contributed by atoms with van der Waals surface area (Å²) in [5.41, 5.74) is 0.639. The van der Waals surface area contributed by atoms with Crippen LogP contribution in [0, 0.1) is 0 Å². The van der Waals surface area contributed by atoms with Gasteiger partial charge in [0.1, 0.15) is 0 Å². The largest absolute Gasteiger partial charge is 0.454 e. The first kappa shape index (κ1) is 16.9. The lowest BCUT2D eigenvalue weighted by molar-refractivity contribution is -0.0687. The number of halogens is 3. The van der Waals surface area contributed by atoms with Gasteiger partial charge in [-0.2, -0.15) is 13.2 Å². The van der Waals surface area contributed by atoms with Gasteiger partial charge in [0.25, 0.3) is 0 Å². The van der Waals surface area contributed by atoms with Crippen molar-refractivity contribution in [3.8, 4) is 11.5 Å². The van der Waals surface area contributed by atoms with E-state index in [1.54, 1.807) is 6.07 Å².